The van der Waals surface area contributed by atoms with Crippen LogP contribution in [0.4, 0.5) is 17.6 Å². The van der Waals surface area contributed by atoms with Crippen molar-refractivity contribution in [2.24, 2.45) is 7.05 Å². The van der Waals surface area contributed by atoms with Gasteiger partial charge in [0, 0.05) is 26.0 Å². The molecule has 0 aliphatic carbocycles. The van der Waals surface area contributed by atoms with Gasteiger partial charge in [0.15, 0.2) is 5.82 Å². The Labute approximate surface area is 180 Å². The SMILES string of the molecule is Cn1cccc1C(=O)N1C[C@H](Oc2ncccc2F)[C@H]2OCCC[C@H]21.O=C(O)C(F)(F)F. The first-order valence-electron chi connectivity index (χ1n) is 9.70. The summed E-state index contributed by atoms with van der Waals surface area (Å²) in [6.45, 7) is 0.979. The van der Waals surface area contributed by atoms with Crippen molar-refractivity contribution in [2.75, 3.05) is 13.2 Å². The monoisotopic (exact) mass is 459 g/mol. The maximum Gasteiger partial charge on any atom is 0.490 e. The highest BCUT2D eigenvalue weighted by Crippen LogP contribution is 2.32. The fourth-order valence-corrected chi connectivity index (χ4v) is 3.68. The molecule has 0 saturated carbocycles. The molecule has 3 atom stereocenters. The Balaban J connectivity index is 0.000000360. The summed E-state index contributed by atoms with van der Waals surface area (Å²) in [5.41, 5.74) is 0.619. The van der Waals surface area contributed by atoms with Crippen molar-refractivity contribution < 1.29 is 41.7 Å². The van der Waals surface area contributed by atoms with E-state index in [-0.39, 0.29) is 23.9 Å². The van der Waals surface area contributed by atoms with E-state index in [2.05, 4.69) is 4.98 Å². The number of carbonyl (C=O) groups is 2. The van der Waals surface area contributed by atoms with E-state index < -0.39 is 24.1 Å². The summed E-state index contributed by atoms with van der Waals surface area (Å²) >= 11 is 0. The molecule has 0 spiro atoms. The second kappa shape index (κ2) is 9.55. The van der Waals surface area contributed by atoms with Crippen LogP contribution in [0.1, 0.15) is 23.3 Å². The molecule has 8 nitrogen and oxygen atoms in total. The van der Waals surface area contributed by atoms with Crippen LogP contribution in [-0.4, -0.2) is 69.0 Å². The predicted molar refractivity (Wildman–Crippen MR) is 102 cm³/mol. The van der Waals surface area contributed by atoms with Gasteiger partial charge in [-0.2, -0.15) is 13.2 Å². The maximum atomic E-state index is 13.9. The first-order chi connectivity index (χ1) is 15.1. The van der Waals surface area contributed by atoms with Crippen LogP contribution in [0.3, 0.4) is 0 Å². The lowest BCUT2D eigenvalue weighted by Gasteiger charge is -2.32. The van der Waals surface area contributed by atoms with Crippen molar-refractivity contribution >= 4 is 11.9 Å². The van der Waals surface area contributed by atoms with Crippen LogP contribution in [-0.2, 0) is 16.6 Å². The minimum atomic E-state index is -5.08. The number of likely N-dealkylation sites (tertiary alicyclic amines) is 1. The Bertz CT molecular complexity index is 965. The number of rotatable bonds is 3. The Morgan fingerprint density at radius 1 is 1.28 bits per heavy atom. The summed E-state index contributed by atoms with van der Waals surface area (Å²) in [5.74, 6) is -3.37. The molecule has 1 amide bonds. The summed E-state index contributed by atoms with van der Waals surface area (Å²) in [6, 6.07) is 6.40. The molecule has 2 aliphatic heterocycles. The van der Waals surface area contributed by atoms with E-state index in [1.165, 1.54) is 18.3 Å². The molecule has 4 rings (SSSR count). The van der Waals surface area contributed by atoms with Gasteiger partial charge in [-0.15, -0.1) is 0 Å². The third-order valence-electron chi connectivity index (χ3n) is 5.13. The predicted octanol–water partition coefficient (Wildman–Crippen LogP) is 2.64. The van der Waals surface area contributed by atoms with Gasteiger partial charge in [-0.05, 0) is 37.1 Å². The molecule has 2 fully saturated rings. The molecule has 2 saturated heterocycles. The average molecular weight is 459 g/mol. The molecule has 12 heteroatoms. The third-order valence-corrected chi connectivity index (χ3v) is 5.13. The lowest BCUT2D eigenvalue weighted by Crippen LogP contribution is -2.44. The number of carboxylic acids is 1. The number of hydrogen-bond donors (Lipinski definition) is 1. The van der Waals surface area contributed by atoms with E-state index in [4.69, 9.17) is 19.4 Å². The van der Waals surface area contributed by atoms with Crippen molar-refractivity contribution in [2.45, 2.75) is 37.3 Å². The number of aromatic nitrogens is 2. The standard InChI is InChI=1S/C18H20FN3O3.C2HF3O2/c1-21-9-3-6-14(21)18(23)22-11-15(16-13(22)7-4-10-24-16)25-17-12(19)5-2-8-20-17;3-2(4,5)1(6)7/h2-3,5-6,8-9,13,15-16H,4,7,10-11H2,1H3;(H,6,7)/t13-,15+,16+;/m1./s1. The molecule has 0 unspecified atom stereocenters. The number of fused-ring (bicyclic) bond motifs is 1. The van der Waals surface area contributed by atoms with Gasteiger partial charge in [0.05, 0.1) is 12.6 Å². The van der Waals surface area contributed by atoms with Gasteiger partial charge in [-0.3, -0.25) is 4.79 Å². The molecular formula is C20H21F4N3O5. The first kappa shape index (κ1) is 23.5. The zero-order valence-electron chi connectivity index (χ0n) is 17.0. The van der Waals surface area contributed by atoms with Crippen molar-refractivity contribution in [1.82, 2.24) is 14.5 Å². The molecule has 0 bridgehead atoms. The van der Waals surface area contributed by atoms with Crippen LogP contribution < -0.4 is 4.74 Å². The Morgan fingerprint density at radius 2 is 2.00 bits per heavy atom. The van der Waals surface area contributed by atoms with Gasteiger partial charge < -0.3 is 24.0 Å². The van der Waals surface area contributed by atoms with E-state index in [0.29, 0.717) is 18.8 Å². The Morgan fingerprint density at radius 3 is 2.59 bits per heavy atom. The average Bonchev–Trinajstić information content (AvgIpc) is 3.33. The molecule has 174 valence electrons. The number of halogens is 4. The number of ether oxygens (including phenoxy) is 2. The fraction of sp³-hybridized carbons (Fsp3) is 0.450. The molecule has 0 aromatic carbocycles. The van der Waals surface area contributed by atoms with Crippen LogP contribution in [0, 0.1) is 5.82 Å². The minimum absolute atomic E-state index is 0.0476. The first-order valence-corrected chi connectivity index (χ1v) is 9.70. The van der Waals surface area contributed by atoms with Gasteiger partial charge in [0.25, 0.3) is 11.8 Å². The summed E-state index contributed by atoms with van der Waals surface area (Å²) in [5, 5.41) is 7.12. The highest BCUT2D eigenvalue weighted by atomic mass is 19.4. The quantitative estimate of drug-likeness (QED) is 0.710. The molecule has 2 aromatic heterocycles. The fourth-order valence-electron chi connectivity index (χ4n) is 3.68. The summed E-state index contributed by atoms with van der Waals surface area (Å²) in [4.78, 5) is 27.6. The van der Waals surface area contributed by atoms with Crippen molar-refractivity contribution in [3.05, 3.63) is 48.2 Å². The van der Waals surface area contributed by atoms with E-state index in [0.717, 1.165) is 12.8 Å². The molecule has 32 heavy (non-hydrogen) atoms. The van der Waals surface area contributed by atoms with Crippen molar-refractivity contribution in [1.29, 1.82) is 0 Å². The molecule has 0 radical (unpaired) electrons. The molecule has 2 aliphatic rings. The van der Waals surface area contributed by atoms with Gasteiger partial charge in [0.2, 0.25) is 0 Å². The zero-order chi connectivity index (χ0) is 23.5. The number of aryl methyl sites for hydroxylation is 1. The lowest BCUT2D eigenvalue weighted by molar-refractivity contribution is -0.192. The smallest absolute Gasteiger partial charge is 0.475 e. The van der Waals surface area contributed by atoms with Crippen LogP contribution in [0.25, 0.3) is 0 Å². The number of pyridine rings is 1. The van der Waals surface area contributed by atoms with Crippen molar-refractivity contribution in [3.63, 3.8) is 0 Å². The number of amides is 1. The van der Waals surface area contributed by atoms with E-state index >= 15 is 0 Å². The third kappa shape index (κ3) is 5.18. The second-order valence-corrected chi connectivity index (χ2v) is 7.26. The number of carbonyl (C=O) groups excluding carboxylic acids is 1. The van der Waals surface area contributed by atoms with Crippen LogP contribution >= 0.6 is 0 Å². The summed E-state index contributed by atoms with van der Waals surface area (Å²) in [6.07, 6.45) is -0.707. The van der Waals surface area contributed by atoms with Crippen LogP contribution in [0.5, 0.6) is 5.88 Å². The summed E-state index contributed by atoms with van der Waals surface area (Å²) in [7, 11) is 1.84. The summed E-state index contributed by atoms with van der Waals surface area (Å²) < 4.78 is 59.1. The molecule has 2 aromatic rings. The maximum absolute atomic E-state index is 13.9. The number of alkyl halides is 3. The Kier molecular flexibility index (Phi) is 7.02. The number of aliphatic carboxylic acids is 1. The normalized spacial score (nSPS) is 22.5. The van der Waals surface area contributed by atoms with Gasteiger partial charge in [0.1, 0.15) is 17.9 Å². The highest BCUT2D eigenvalue weighted by Gasteiger charge is 2.48. The van der Waals surface area contributed by atoms with Gasteiger partial charge in [-0.25, -0.2) is 14.2 Å². The number of nitrogens with zero attached hydrogens (tertiary/aromatic N) is 3. The van der Waals surface area contributed by atoms with E-state index in [1.807, 2.05) is 19.3 Å². The van der Waals surface area contributed by atoms with Gasteiger partial charge >= 0.3 is 12.1 Å². The molecular weight excluding hydrogens is 438 g/mol. The topological polar surface area (TPSA) is 93.9 Å². The minimum Gasteiger partial charge on any atom is -0.475 e. The second-order valence-electron chi connectivity index (χ2n) is 7.26. The zero-order valence-corrected chi connectivity index (χ0v) is 17.0. The van der Waals surface area contributed by atoms with Crippen LogP contribution in [0.15, 0.2) is 36.7 Å². The molecule has 4 heterocycles. The van der Waals surface area contributed by atoms with E-state index in [1.54, 1.807) is 15.5 Å². The molecule has 1 N–H and O–H groups in total. The lowest BCUT2D eigenvalue weighted by atomic mass is 10.0. The van der Waals surface area contributed by atoms with Crippen LogP contribution in [0.2, 0.25) is 0 Å². The Hall–Kier alpha value is -3.15. The highest BCUT2D eigenvalue weighted by molar-refractivity contribution is 5.93. The van der Waals surface area contributed by atoms with Crippen molar-refractivity contribution in [3.8, 4) is 5.88 Å². The van der Waals surface area contributed by atoms with E-state index in [9.17, 15) is 22.4 Å². The number of hydrogen-bond acceptors (Lipinski definition) is 5. The van der Waals surface area contributed by atoms with Gasteiger partial charge in [-0.1, -0.05) is 0 Å². The number of carboxylic acid groups (broad SMARTS) is 1. The largest absolute Gasteiger partial charge is 0.490 e.